The number of carboxylic acid groups (broad SMARTS) is 1. The normalized spacial score (nSPS) is 12.4. The van der Waals surface area contributed by atoms with Gasteiger partial charge in [-0.1, -0.05) is 84.9 Å². The lowest BCUT2D eigenvalue weighted by Crippen LogP contribution is -2.39. The third-order valence-electron chi connectivity index (χ3n) is 6.91. The van der Waals surface area contributed by atoms with E-state index < -0.39 is 11.6 Å². The summed E-state index contributed by atoms with van der Waals surface area (Å²) in [6.45, 7) is 2.24. The van der Waals surface area contributed by atoms with Crippen molar-refractivity contribution < 1.29 is 29.0 Å². The fourth-order valence-electron chi connectivity index (χ4n) is 4.70. The van der Waals surface area contributed by atoms with Crippen molar-refractivity contribution in [2.24, 2.45) is 0 Å². The number of aliphatic carboxylic acids is 1. The summed E-state index contributed by atoms with van der Waals surface area (Å²) in [6.07, 6.45) is 0.316. The van der Waals surface area contributed by atoms with E-state index in [9.17, 15) is 19.8 Å². The van der Waals surface area contributed by atoms with Gasteiger partial charge in [-0.3, -0.25) is 4.79 Å². The number of hydrogen-bond acceptors (Lipinski definition) is 6. The number of carbonyl (C=O) groups excluding carboxylic acids is 1. The number of aromatic nitrogens is 1. The second-order valence-corrected chi connectivity index (χ2v) is 9.71. The van der Waals surface area contributed by atoms with E-state index in [1.165, 1.54) is 12.1 Å². The van der Waals surface area contributed by atoms with Crippen LogP contribution in [0.25, 0.3) is 11.5 Å². The Labute approximate surface area is 237 Å². The monoisotopic (exact) mass is 547 g/mol. The number of aliphatic hydroxyl groups is 1. The summed E-state index contributed by atoms with van der Waals surface area (Å²) in [5.74, 6) is 0.103. The zero-order valence-corrected chi connectivity index (χ0v) is 22.5. The first kappa shape index (κ1) is 27.6. The van der Waals surface area contributed by atoms with Crippen molar-refractivity contribution in [2.75, 3.05) is 6.61 Å². The highest BCUT2D eigenvalue weighted by atomic mass is 16.5. The summed E-state index contributed by atoms with van der Waals surface area (Å²) in [5, 5.41) is 21.5. The molecule has 1 heterocycles. The van der Waals surface area contributed by atoms with Gasteiger partial charge in [0.25, 0.3) is 0 Å². The van der Waals surface area contributed by atoms with Crippen LogP contribution in [0.5, 0.6) is 5.75 Å². The first-order valence-electron chi connectivity index (χ1n) is 13.2. The van der Waals surface area contributed by atoms with Crippen LogP contribution >= 0.6 is 0 Å². The molecule has 5 rings (SSSR count). The average Bonchev–Trinajstić information content (AvgIpc) is 3.38. The molecule has 0 aliphatic rings. The molecule has 7 nitrogen and oxygen atoms in total. The molecular formula is C34H29NO6. The van der Waals surface area contributed by atoms with Crippen molar-refractivity contribution in [1.82, 2.24) is 4.98 Å². The summed E-state index contributed by atoms with van der Waals surface area (Å²) in [7, 11) is 0. The second kappa shape index (κ2) is 12.0. The number of carboxylic acids is 1. The van der Waals surface area contributed by atoms with Gasteiger partial charge in [-0.2, -0.15) is 0 Å². The largest absolute Gasteiger partial charge is 0.493 e. The predicted molar refractivity (Wildman–Crippen MR) is 154 cm³/mol. The summed E-state index contributed by atoms with van der Waals surface area (Å²) >= 11 is 0. The first-order chi connectivity index (χ1) is 19.8. The van der Waals surface area contributed by atoms with E-state index >= 15 is 0 Å². The molecule has 7 heteroatoms. The number of ketones is 1. The SMILES string of the molecule is Cc1oc(-c2ccccc2)nc1CCOc1ccc(C[C@@](O)(C(=O)O)c2ccccc2C(=O)c2ccccc2)cc1. The van der Waals surface area contributed by atoms with E-state index in [0.29, 0.717) is 35.8 Å². The second-order valence-electron chi connectivity index (χ2n) is 9.71. The van der Waals surface area contributed by atoms with E-state index in [-0.39, 0.29) is 23.3 Å². The van der Waals surface area contributed by atoms with Gasteiger partial charge < -0.3 is 19.4 Å². The molecular weight excluding hydrogens is 518 g/mol. The van der Waals surface area contributed by atoms with Gasteiger partial charge >= 0.3 is 5.97 Å². The molecule has 41 heavy (non-hydrogen) atoms. The number of rotatable bonds is 11. The molecule has 206 valence electrons. The summed E-state index contributed by atoms with van der Waals surface area (Å²) in [5.41, 5.74) is 0.573. The average molecular weight is 548 g/mol. The number of carbonyl (C=O) groups is 2. The van der Waals surface area contributed by atoms with E-state index in [4.69, 9.17) is 9.15 Å². The predicted octanol–water partition coefficient (Wildman–Crippen LogP) is 6.02. The number of hydrogen-bond donors (Lipinski definition) is 2. The molecule has 0 aliphatic heterocycles. The molecule has 0 bridgehead atoms. The van der Waals surface area contributed by atoms with Crippen molar-refractivity contribution >= 4 is 11.8 Å². The number of oxazole rings is 1. The van der Waals surface area contributed by atoms with Gasteiger partial charge in [0.2, 0.25) is 5.89 Å². The van der Waals surface area contributed by atoms with E-state index in [2.05, 4.69) is 4.98 Å². The lowest BCUT2D eigenvalue weighted by molar-refractivity contribution is -0.159. The summed E-state index contributed by atoms with van der Waals surface area (Å²) < 4.78 is 11.7. The Bertz CT molecular complexity index is 1640. The van der Waals surface area contributed by atoms with Gasteiger partial charge in [0.05, 0.1) is 12.3 Å². The standard InChI is InChI=1S/C34H29NO6/c1-23-30(35-32(41-23)26-12-6-3-7-13-26)20-21-40-27-18-16-24(17-19-27)22-34(39,33(37)38)29-15-9-8-14-28(29)31(36)25-10-4-2-5-11-25/h2-19,39H,20-22H2,1H3,(H,37,38)/t34-/m0/s1. The van der Waals surface area contributed by atoms with Crippen LogP contribution in [0.2, 0.25) is 0 Å². The highest BCUT2D eigenvalue weighted by molar-refractivity contribution is 6.10. The molecule has 1 atom stereocenters. The molecule has 0 saturated carbocycles. The van der Waals surface area contributed by atoms with Crippen LogP contribution < -0.4 is 4.74 Å². The Kier molecular flexibility index (Phi) is 8.08. The Hall–Kier alpha value is -5.01. The molecule has 0 fully saturated rings. The minimum absolute atomic E-state index is 0.0412. The Morgan fingerprint density at radius 2 is 1.49 bits per heavy atom. The maximum atomic E-state index is 13.2. The van der Waals surface area contributed by atoms with Gasteiger partial charge in [-0.25, -0.2) is 9.78 Å². The van der Waals surface area contributed by atoms with Crippen LogP contribution in [0.4, 0.5) is 0 Å². The molecule has 4 aromatic carbocycles. The van der Waals surface area contributed by atoms with Gasteiger partial charge in [-0.15, -0.1) is 0 Å². The third-order valence-corrected chi connectivity index (χ3v) is 6.91. The molecule has 0 saturated heterocycles. The summed E-state index contributed by atoms with van der Waals surface area (Å²) in [6, 6.07) is 31.4. The molecule has 0 unspecified atom stereocenters. The van der Waals surface area contributed by atoms with Gasteiger partial charge in [-0.05, 0) is 36.8 Å². The number of nitrogens with zero attached hydrogens (tertiary/aromatic N) is 1. The van der Waals surface area contributed by atoms with Crippen LogP contribution in [-0.2, 0) is 23.2 Å². The number of ether oxygens (including phenoxy) is 1. The molecule has 0 spiro atoms. The lowest BCUT2D eigenvalue weighted by atomic mass is 9.82. The highest BCUT2D eigenvalue weighted by Gasteiger charge is 2.41. The quantitative estimate of drug-likeness (QED) is 0.195. The minimum Gasteiger partial charge on any atom is -0.493 e. The van der Waals surface area contributed by atoms with Gasteiger partial charge in [0.1, 0.15) is 11.5 Å². The molecule has 2 N–H and O–H groups in total. The van der Waals surface area contributed by atoms with Gasteiger partial charge in [0.15, 0.2) is 11.4 Å². The van der Waals surface area contributed by atoms with Crippen molar-refractivity contribution in [1.29, 1.82) is 0 Å². The first-order valence-corrected chi connectivity index (χ1v) is 13.2. The van der Waals surface area contributed by atoms with Crippen LogP contribution in [-0.4, -0.2) is 33.6 Å². The topological polar surface area (TPSA) is 110 Å². The zero-order chi connectivity index (χ0) is 28.8. The van der Waals surface area contributed by atoms with Crippen LogP contribution in [0.1, 0.15) is 38.5 Å². The third kappa shape index (κ3) is 6.10. The lowest BCUT2D eigenvalue weighted by Gasteiger charge is -2.26. The van der Waals surface area contributed by atoms with Crippen LogP contribution in [0.3, 0.4) is 0 Å². The Morgan fingerprint density at radius 3 is 2.17 bits per heavy atom. The molecule has 1 aromatic heterocycles. The number of aryl methyl sites for hydroxylation is 1. The molecule has 0 amide bonds. The van der Waals surface area contributed by atoms with Crippen molar-refractivity contribution in [2.45, 2.75) is 25.4 Å². The Morgan fingerprint density at radius 1 is 0.854 bits per heavy atom. The van der Waals surface area contributed by atoms with Crippen molar-refractivity contribution in [3.63, 3.8) is 0 Å². The van der Waals surface area contributed by atoms with E-state index in [0.717, 1.165) is 17.0 Å². The Balaban J connectivity index is 1.27. The van der Waals surface area contributed by atoms with E-state index in [1.54, 1.807) is 66.7 Å². The van der Waals surface area contributed by atoms with Crippen molar-refractivity contribution in [3.8, 4) is 17.2 Å². The smallest absolute Gasteiger partial charge is 0.340 e. The number of benzene rings is 4. The van der Waals surface area contributed by atoms with Crippen LogP contribution in [0.15, 0.2) is 114 Å². The molecule has 0 aliphatic carbocycles. The molecule has 0 radical (unpaired) electrons. The highest BCUT2D eigenvalue weighted by Crippen LogP contribution is 2.31. The molecule has 5 aromatic rings. The minimum atomic E-state index is -2.32. The maximum Gasteiger partial charge on any atom is 0.340 e. The summed E-state index contributed by atoms with van der Waals surface area (Å²) in [4.78, 5) is 30.2. The fraction of sp³-hybridized carbons (Fsp3) is 0.147. The van der Waals surface area contributed by atoms with Crippen LogP contribution in [0, 0.1) is 6.92 Å². The maximum absolute atomic E-state index is 13.2. The van der Waals surface area contributed by atoms with E-state index in [1.807, 2.05) is 37.3 Å². The van der Waals surface area contributed by atoms with Gasteiger partial charge in [0, 0.05) is 35.1 Å². The van der Waals surface area contributed by atoms with Crippen molar-refractivity contribution in [3.05, 3.63) is 143 Å². The fourth-order valence-corrected chi connectivity index (χ4v) is 4.70. The zero-order valence-electron chi connectivity index (χ0n) is 22.5.